The molecule has 0 bridgehead atoms. The first-order chi connectivity index (χ1) is 15.2. The fraction of sp³-hybridized carbons (Fsp3) is 0.0800. The molecule has 2 aromatic heterocycles. The van der Waals surface area contributed by atoms with Crippen molar-refractivity contribution in [3.05, 3.63) is 108 Å². The van der Waals surface area contributed by atoms with Crippen molar-refractivity contribution < 1.29 is 9.59 Å². The number of nitrogens with zero attached hydrogens (tertiary/aromatic N) is 1. The molecule has 0 saturated carbocycles. The van der Waals surface area contributed by atoms with Crippen LogP contribution in [0.3, 0.4) is 0 Å². The van der Waals surface area contributed by atoms with Gasteiger partial charge >= 0.3 is 0 Å². The molecule has 0 fully saturated rings. The first-order valence-corrected chi connectivity index (χ1v) is 10.0. The van der Waals surface area contributed by atoms with Crippen molar-refractivity contribution in [1.82, 2.24) is 20.6 Å². The molecule has 0 atom stereocenters. The Morgan fingerprint density at radius 1 is 0.935 bits per heavy atom. The summed E-state index contributed by atoms with van der Waals surface area (Å²) < 4.78 is 0. The van der Waals surface area contributed by atoms with E-state index in [1.165, 1.54) is 0 Å². The van der Waals surface area contributed by atoms with Gasteiger partial charge in [0.2, 0.25) is 0 Å². The van der Waals surface area contributed by atoms with Gasteiger partial charge in [-0.1, -0.05) is 36.4 Å². The zero-order chi connectivity index (χ0) is 21.5. The Bertz CT molecular complexity index is 1210. The molecule has 0 aliphatic heterocycles. The summed E-state index contributed by atoms with van der Waals surface area (Å²) >= 11 is 0. The van der Waals surface area contributed by atoms with Crippen LogP contribution >= 0.6 is 0 Å². The molecule has 6 nitrogen and oxygen atoms in total. The summed E-state index contributed by atoms with van der Waals surface area (Å²) in [5.74, 6) is -0.686. The number of nitrogens with one attached hydrogen (secondary N) is 3. The maximum absolute atomic E-state index is 12.9. The number of hydrogen-bond donors (Lipinski definition) is 3. The van der Waals surface area contributed by atoms with Gasteiger partial charge in [0.15, 0.2) is 0 Å². The van der Waals surface area contributed by atoms with E-state index < -0.39 is 0 Å². The van der Waals surface area contributed by atoms with Crippen molar-refractivity contribution in [3.8, 4) is 0 Å². The monoisotopic (exact) mass is 410 g/mol. The lowest BCUT2D eigenvalue weighted by atomic mass is 10.1. The SMILES string of the molecule is O=C(NCCc1c[nH]c2ccccc12)C(=Cc1ccncc1)NC(=O)c1ccccc1. The lowest BCUT2D eigenvalue weighted by Crippen LogP contribution is -2.35. The lowest BCUT2D eigenvalue weighted by molar-refractivity contribution is -0.117. The molecule has 0 spiro atoms. The van der Waals surface area contributed by atoms with Crippen LogP contribution in [0.4, 0.5) is 0 Å². The van der Waals surface area contributed by atoms with E-state index in [9.17, 15) is 9.59 Å². The molecule has 0 unspecified atom stereocenters. The predicted octanol–water partition coefficient (Wildman–Crippen LogP) is 3.69. The molecule has 0 radical (unpaired) electrons. The van der Waals surface area contributed by atoms with Crippen molar-refractivity contribution >= 4 is 28.8 Å². The number of fused-ring (bicyclic) bond motifs is 1. The number of aromatic nitrogens is 2. The van der Waals surface area contributed by atoms with E-state index in [0.29, 0.717) is 18.5 Å². The lowest BCUT2D eigenvalue weighted by Gasteiger charge is -2.11. The van der Waals surface area contributed by atoms with Crippen molar-refractivity contribution in [1.29, 1.82) is 0 Å². The van der Waals surface area contributed by atoms with Gasteiger partial charge in [0.05, 0.1) is 0 Å². The maximum atomic E-state index is 12.9. The van der Waals surface area contributed by atoms with Gasteiger partial charge in [-0.2, -0.15) is 0 Å². The summed E-state index contributed by atoms with van der Waals surface area (Å²) in [4.78, 5) is 32.7. The summed E-state index contributed by atoms with van der Waals surface area (Å²) in [5.41, 5.74) is 3.62. The van der Waals surface area contributed by atoms with Gasteiger partial charge in [-0.3, -0.25) is 14.6 Å². The number of rotatable bonds is 7. The molecule has 4 rings (SSSR count). The van der Waals surface area contributed by atoms with Crippen LogP contribution in [0.1, 0.15) is 21.5 Å². The minimum absolute atomic E-state index is 0.180. The summed E-state index contributed by atoms with van der Waals surface area (Å²) in [6, 6.07) is 20.4. The molecule has 154 valence electrons. The van der Waals surface area contributed by atoms with E-state index in [1.54, 1.807) is 54.9 Å². The Kier molecular flexibility index (Phi) is 6.18. The van der Waals surface area contributed by atoms with E-state index >= 15 is 0 Å². The summed E-state index contributed by atoms with van der Waals surface area (Å²) in [6.07, 6.45) is 7.55. The maximum Gasteiger partial charge on any atom is 0.267 e. The molecule has 6 heteroatoms. The third kappa shape index (κ3) is 5.05. The van der Waals surface area contributed by atoms with Crippen LogP contribution in [-0.2, 0) is 11.2 Å². The van der Waals surface area contributed by atoms with E-state index in [1.807, 2.05) is 30.5 Å². The first-order valence-electron chi connectivity index (χ1n) is 10.0. The molecule has 2 amide bonds. The number of H-pyrrole nitrogens is 1. The second-order valence-electron chi connectivity index (χ2n) is 7.02. The summed E-state index contributed by atoms with van der Waals surface area (Å²) in [6.45, 7) is 0.440. The molecule has 0 saturated heterocycles. The molecule has 4 aromatic rings. The quantitative estimate of drug-likeness (QED) is 0.406. The number of para-hydroxylation sites is 1. The molecular formula is C25H22N4O2. The van der Waals surface area contributed by atoms with Gasteiger partial charge in [0.1, 0.15) is 5.70 Å². The highest BCUT2D eigenvalue weighted by molar-refractivity contribution is 6.05. The standard InChI is InChI=1S/C25H22N4O2/c30-24(19-6-2-1-3-7-19)29-23(16-18-10-13-26-14-11-18)25(31)27-15-12-20-17-28-22-9-5-4-8-21(20)22/h1-11,13-14,16-17,28H,12,15H2,(H,27,31)(H,29,30). The predicted molar refractivity (Wildman–Crippen MR) is 121 cm³/mol. The Morgan fingerprint density at radius 3 is 2.48 bits per heavy atom. The Labute approximate surface area is 180 Å². The van der Waals surface area contributed by atoms with E-state index in [4.69, 9.17) is 0 Å². The third-order valence-corrected chi connectivity index (χ3v) is 4.90. The number of hydrogen-bond acceptors (Lipinski definition) is 3. The van der Waals surface area contributed by atoms with E-state index in [0.717, 1.165) is 22.0 Å². The molecular weight excluding hydrogens is 388 g/mol. The zero-order valence-corrected chi connectivity index (χ0v) is 16.8. The van der Waals surface area contributed by atoms with Crippen molar-refractivity contribution in [2.75, 3.05) is 6.54 Å². The minimum Gasteiger partial charge on any atom is -0.361 e. The Balaban J connectivity index is 1.47. The van der Waals surface area contributed by atoms with Gasteiger partial charge in [-0.05, 0) is 54.0 Å². The van der Waals surface area contributed by atoms with Gasteiger partial charge in [-0.25, -0.2) is 0 Å². The molecule has 0 aliphatic rings. The van der Waals surface area contributed by atoms with Gasteiger partial charge in [0.25, 0.3) is 11.8 Å². The van der Waals surface area contributed by atoms with Crippen molar-refractivity contribution in [2.24, 2.45) is 0 Å². The summed E-state index contributed by atoms with van der Waals surface area (Å²) in [7, 11) is 0. The largest absolute Gasteiger partial charge is 0.361 e. The number of aromatic amines is 1. The number of amides is 2. The van der Waals surface area contributed by atoms with Crippen LogP contribution in [0.5, 0.6) is 0 Å². The van der Waals surface area contributed by atoms with Crippen LogP contribution < -0.4 is 10.6 Å². The summed E-state index contributed by atoms with van der Waals surface area (Å²) in [5, 5.41) is 6.79. The second-order valence-corrected chi connectivity index (χ2v) is 7.02. The number of benzene rings is 2. The van der Waals surface area contributed by atoms with Crippen LogP contribution in [0.2, 0.25) is 0 Å². The van der Waals surface area contributed by atoms with Crippen LogP contribution in [0, 0.1) is 0 Å². The average Bonchev–Trinajstić information content (AvgIpc) is 3.23. The Hall–Kier alpha value is -4.19. The first kappa shape index (κ1) is 20.1. The Morgan fingerprint density at radius 2 is 1.68 bits per heavy atom. The highest BCUT2D eigenvalue weighted by atomic mass is 16.2. The zero-order valence-electron chi connectivity index (χ0n) is 16.8. The smallest absolute Gasteiger partial charge is 0.267 e. The van der Waals surface area contributed by atoms with E-state index in [-0.39, 0.29) is 17.5 Å². The van der Waals surface area contributed by atoms with Gasteiger partial charge in [0, 0.05) is 41.6 Å². The normalized spacial score (nSPS) is 11.3. The molecule has 2 heterocycles. The topological polar surface area (TPSA) is 86.9 Å². The van der Waals surface area contributed by atoms with Gasteiger partial charge < -0.3 is 15.6 Å². The van der Waals surface area contributed by atoms with Crippen LogP contribution in [-0.4, -0.2) is 28.3 Å². The van der Waals surface area contributed by atoms with Crippen molar-refractivity contribution in [2.45, 2.75) is 6.42 Å². The van der Waals surface area contributed by atoms with E-state index in [2.05, 4.69) is 26.7 Å². The van der Waals surface area contributed by atoms with Crippen LogP contribution in [0.25, 0.3) is 17.0 Å². The second kappa shape index (κ2) is 9.54. The molecule has 0 aliphatic carbocycles. The fourth-order valence-electron chi connectivity index (χ4n) is 3.31. The molecule has 2 aromatic carbocycles. The fourth-order valence-corrected chi connectivity index (χ4v) is 3.31. The number of carbonyl (C=O) groups excluding carboxylic acids is 2. The number of carbonyl (C=O) groups is 2. The third-order valence-electron chi connectivity index (χ3n) is 4.90. The minimum atomic E-state index is -0.346. The van der Waals surface area contributed by atoms with Crippen LogP contribution in [0.15, 0.2) is 91.0 Å². The molecule has 3 N–H and O–H groups in total. The highest BCUT2D eigenvalue weighted by Gasteiger charge is 2.14. The molecule has 31 heavy (non-hydrogen) atoms. The highest BCUT2D eigenvalue weighted by Crippen LogP contribution is 2.17. The van der Waals surface area contributed by atoms with Crippen molar-refractivity contribution in [3.63, 3.8) is 0 Å². The average molecular weight is 410 g/mol. The van der Waals surface area contributed by atoms with Gasteiger partial charge in [-0.15, -0.1) is 0 Å². The number of pyridine rings is 1.